The van der Waals surface area contributed by atoms with E-state index >= 15 is 0 Å². The van der Waals surface area contributed by atoms with Gasteiger partial charge in [-0.2, -0.15) is 0 Å². The van der Waals surface area contributed by atoms with E-state index in [0.717, 1.165) is 5.52 Å². The zero-order chi connectivity index (χ0) is 10.3. The lowest BCUT2D eigenvalue weighted by Gasteiger charge is -2.08. The molecule has 0 aliphatic rings. The number of methoxy groups -OCH3 is 1. The highest BCUT2D eigenvalue weighted by molar-refractivity contribution is 5.95. The van der Waals surface area contributed by atoms with E-state index in [2.05, 4.69) is 0 Å². The van der Waals surface area contributed by atoms with Gasteiger partial charge in [-0.05, 0) is 6.07 Å². The molecule has 0 radical (unpaired) electrons. The lowest BCUT2D eigenvalue weighted by Crippen LogP contribution is -1.93. The minimum absolute atomic E-state index is 0.112. The van der Waals surface area contributed by atoms with Crippen molar-refractivity contribution in [1.29, 1.82) is 0 Å². The van der Waals surface area contributed by atoms with Gasteiger partial charge in [0.05, 0.1) is 18.3 Å². The number of anilines is 1. The molecule has 2 rings (SSSR count). The zero-order valence-electron chi connectivity index (χ0n) is 8.11. The lowest BCUT2D eigenvalue weighted by molar-refractivity contribution is 0.417. The van der Waals surface area contributed by atoms with Crippen LogP contribution in [0.2, 0.25) is 0 Å². The van der Waals surface area contributed by atoms with E-state index in [1.54, 1.807) is 13.2 Å². The zero-order valence-corrected chi connectivity index (χ0v) is 8.11. The van der Waals surface area contributed by atoms with Crippen LogP contribution in [-0.4, -0.2) is 16.8 Å². The number of fused-ring (bicyclic) bond motifs is 1. The second kappa shape index (κ2) is 2.83. The van der Waals surface area contributed by atoms with Gasteiger partial charge in [0.2, 0.25) is 0 Å². The van der Waals surface area contributed by atoms with E-state index < -0.39 is 0 Å². The fourth-order valence-corrected chi connectivity index (χ4v) is 1.62. The maximum absolute atomic E-state index is 9.70. The molecule has 0 atom stereocenters. The van der Waals surface area contributed by atoms with Crippen molar-refractivity contribution in [1.82, 2.24) is 4.57 Å². The van der Waals surface area contributed by atoms with Crippen LogP contribution >= 0.6 is 0 Å². The molecule has 0 fully saturated rings. The molecule has 1 heterocycles. The first kappa shape index (κ1) is 8.74. The Morgan fingerprint density at radius 1 is 1.50 bits per heavy atom. The maximum Gasteiger partial charge on any atom is 0.148 e. The van der Waals surface area contributed by atoms with E-state index in [0.29, 0.717) is 16.8 Å². The first-order valence-corrected chi connectivity index (χ1v) is 4.25. The van der Waals surface area contributed by atoms with Crippen molar-refractivity contribution in [2.75, 3.05) is 12.8 Å². The average molecular weight is 192 g/mol. The Morgan fingerprint density at radius 3 is 2.86 bits per heavy atom. The number of phenolic OH excluding ortho intramolecular Hbond substituents is 1. The second-order valence-electron chi connectivity index (χ2n) is 3.21. The van der Waals surface area contributed by atoms with Crippen molar-refractivity contribution < 1.29 is 9.84 Å². The molecular formula is C10H12N2O2. The van der Waals surface area contributed by atoms with E-state index in [1.807, 2.05) is 23.9 Å². The van der Waals surface area contributed by atoms with Gasteiger partial charge in [0.25, 0.3) is 0 Å². The van der Waals surface area contributed by atoms with Gasteiger partial charge < -0.3 is 20.1 Å². The topological polar surface area (TPSA) is 60.4 Å². The summed E-state index contributed by atoms with van der Waals surface area (Å²) in [4.78, 5) is 0. The molecule has 0 spiro atoms. The average Bonchev–Trinajstić information content (AvgIpc) is 2.55. The summed E-state index contributed by atoms with van der Waals surface area (Å²) in [5.74, 6) is 0.782. The van der Waals surface area contributed by atoms with Crippen molar-refractivity contribution in [3.8, 4) is 11.5 Å². The number of nitrogen functional groups attached to an aromatic ring is 1. The summed E-state index contributed by atoms with van der Waals surface area (Å²) in [6, 6.07) is 3.43. The molecule has 1 aromatic heterocycles. The first-order chi connectivity index (χ1) is 6.65. The minimum atomic E-state index is 0.112. The van der Waals surface area contributed by atoms with Crippen LogP contribution in [0.5, 0.6) is 11.5 Å². The molecule has 0 aliphatic carbocycles. The van der Waals surface area contributed by atoms with Crippen LogP contribution in [0.3, 0.4) is 0 Å². The fourth-order valence-electron chi connectivity index (χ4n) is 1.62. The summed E-state index contributed by atoms with van der Waals surface area (Å²) in [7, 11) is 3.47. The van der Waals surface area contributed by atoms with Gasteiger partial charge in [-0.15, -0.1) is 0 Å². The van der Waals surface area contributed by atoms with Gasteiger partial charge >= 0.3 is 0 Å². The van der Waals surface area contributed by atoms with Crippen molar-refractivity contribution in [2.24, 2.45) is 7.05 Å². The number of benzene rings is 1. The second-order valence-corrected chi connectivity index (χ2v) is 3.21. The number of hydrogen-bond donors (Lipinski definition) is 2. The van der Waals surface area contributed by atoms with Gasteiger partial charge in [-0.1, -0.05) is 0 Å². The molecule has 0 saturated heterocycles. The molecule has 14 heavy (non-hydrogen) atoms. The van der Waals surface area contributed by atoms with E-state index in [1.165, 1.54) is 0 Å². The Labute approximate surface area is 81.5 Å². The van der Waals surface area contributed by atoms with E-state index in [-0.39, 0.29) is 5.75 Å². The van der Waals surface area contributed by atoms with Crippen molar-refractivity contribution in [2.45, 2.75) is 0 Å². The van der Waals surface area contributed by atoms with Crippen LogP contribution in [0.25, 0.3) is 10.9 Å². The standard InChI is InChI=1S/C10H12N2O2/c1-12-4-3-6-9(12)8(14-2)5-7(11)10(6)13/h3-5,13H,11H2,1-2H3. The van der Waals surface area contributed by atoms with Crippen molar-refractivity contribution >= 4 is 16.6 Å². The molecule has 3 N–H and O–H groups in total. The van der Waals surface area contributed by atoms with Gasteiger partial charge in [-0.25, -0.2) is 0 Å². The van der Waals surface area contributed by atoms with E-state index in [9.17, 15) is 5.11 Å². The van der Waals surface area contributed by atoms with Crippen LogP contribution in [0.15, 0.2) is 18.3 Å². The monoisotopic (exact) mass is 192 g/mol. The summed E-state index contributed by atoms with van der Waals surface area (Å²) in [5, 5.41) is 10.4. The molecule has 0 aliphatic heterocycles. The van der Waals surface area contributed by atoms with Crippen LogP contribution in [0.4, 0.5) is 5.69 Å². The van der Waals surface area contributed by atoms with Gasteiger partial charge in [-0.3, -0.25) is 0 Å². The predicted molar refractivity (Wildman–Crippen MR) is 55.5 cm³/mol. The van der Waals surface area contributed by atoms with Gasteiger partial charge in [0.1, 0.15) is 11.5 Å². The molecule has 0 saturated carbocycles. The predicted octanol–water partition coefficient (Wildman–Crippen LogP) is 1.47. The summed E-state index contributed by atoms with van der Waals surface area (Å²) >= 11 is 0. The summed E-state index contributed by atoms with van der Waals surface area (Å²) in [6.45, 7) is 0. The number of nitrogens with two attached hydrogens (primary N) is 1. The van der Waals surface area contributed by atoms with Crippen molar-refractivity contribution in [3.05, 3.63) is 18.3 Å². The number of rotatable bonds is 1. The van der Waals surface area contributed by atoms with E-state index in [4.69, 9.17) is 10.5 Å². The van der Waals surface area contributed by atoms with Crippen molar-refractivity contribution in [3.63, 3.8) is 0 Å². The number of nitrogens with zero attached hydrogens (tertiary/aromatic N) is 1. The molecule has 0 bridgehead atoms. The van der Waals surface area contributed by atoms with Gasteiger partial charge in [0.15, 0.2) is 0 Å². The molecular weight excluding hydrogens is 180 g/mol. The van der Waals surface area contributed by atoms with Crippen LogP contribution in [0, 0.1) is 0 Å². The molecule has 4 nitrogen and oxygen atoms in total. The fraction of sp³-hybridized carbons (Fsp3) is 0.200. The van der Waals surface area contributed by atoms with Crippen LogP contribution in [0.1, 0.15) is 0 Å². The Hall–Kier alpha value is -1.84. The summed E-state index contributed by atoms with van der Waals surface area (Å²) in [6.07, 6.45) is 1.85. The number of aromatic nitrogens is 1. The smallest absolute Gasteiger partial charge is 0.148 e. The Kier molecular flexibility index (Phi) is 1.77. The Bertz CT molecular complexity index is 488. The number of hydrogen-bond acceptors (Lipinski definition) is 3. The quantitative estimate of drug-likeness (QED) is 0.531. The number of ether oxygens (including phenoxy) is 1. The minimum Gasteiger partial charge on any atom is -0.505 e. The van der Waals surface area contributed by atoms with Gasteiger partial charge in [0, 0.05) is 24.7 Å². The maximum atomic E-state index is 9.70. The normalized spacial score (nSPS) is 10.7. The third kappa shape index (κ3) is 1.00. The molecule has 0 unspecified atom stereocenters. The third-order valence-corrected chi connectivity index (χ3v) is 2.34. The highest BCUT2D eigenvalue weighted by atomic mass is 16.5. The Morgan fingerprint density at radius 2 is 2.21 bits per heavy atom. The molecule has 74 valence electrons. The summed E-state index contributed by atoms with van der Waals surface area (Å²) in [5.41, 5.74) is 6.81. The molecule has 0 amide bonds. The van der Waals surface area contributed by atoms with Crippen LogP contribution in [-0.2, 0) is 7.05 Å². The first-order valence-electron chi connectivity index (χ1n) is 4.25. The Balaban J connectivity index is 2.92. The third-order valence-electron chi connectivity index (χ3n) is 2.34. The number of phenols is 1. The highest BCUT2D eigenvalue weighted by Gasteiger charge is 2.12. The molecule has 1 aromatic carbocycles. The largest absolute Gasteiger partial charge is 0.505 e. The number of aromatic hydroxyl groups is 1. The summed E-state index contributed by atoms with van der Waals surface area (Å²) < 4.78 is 7.07. The van der Waals surface area contributed by atoms with Crippen LogP contribution < -0.4 is 10.5 Å². The lowest BCUT2D eigenvalue weighted by atomic mass is 10.2. The molecule has 4 heteroatoms. The SMILES string of the molecule is COc1cc(N)c(O)c2ccn(C)c12. The molecule has 2 aromatic rings. The highest BCUT2D eigenvalue weighted by Crippen LogP contribution is 2.37. The number of aryl methyl sites for hydroxylation is 1.